The Morgan fingerprint density at radius 1 is 1.19 bits per heavy atom. The van der Waals surface area contributed by atoms with Crippen molar-refractivity contribution in [1.29, 1.82) is 0 Å². The van der Waals surface area contributed by atoms with Gasteiger partial charge in [-0.2, -0.15) is 0 Å². The van der Waals surface area contributed by atoms with Crippen LogP contribution in [-0.4, -0.2) is 73.5 Å². The van der Waals surface area contributed by atoms with Gasteiger partial charge in [0.1, 0.15) is 12.4 Å². The van der Waals surface area contributed by atoms with Crippen molar-refractivity contribution < 1.29 is 23.9 Å². The summed E-state index contributed by atoms with van der Waals surface area (Å²) in [6, 6.07) is 4.87. The number of likely N-dealkylation sites (N-methyl/N-ethyl adjacent to an activating group) is 1. The zero-order chi connectivity index (χ0) is 22.7. The molecule has 31 heavy (non-hydrogen) atoms. The summed E-state index contributed by atoms with van der Waals surface area (Å²) < 4.78 is 11.7. The van der Waals surface area contributed by atoms with Gasteiger partial charge in [0, 0.05) is 51.7 Å². The third kappa shape index (κ3) is 5.55. The van der Waals surface area contributed by atoms with Crippen molar-refractivity contribution in [3.8, 4) is 5.75 Å². The molecule has 1 aromatic rings. The summed E-state index contributed by atoms with van der Waals surface area (Å²) in [7, 11) is 3.35. The van der Waals surface area contributed by atoms with Gasteiger partial charge in [-0.3, -0.25) is 14.4 Å². The van der Waals surface area contributed by atoms with E-state index < -0.39 is 0 Å². The van der Waals surface area contributed by atoms with Gasteiger partial charge in [-0.15, -0.1) is 0 Å². The van der Waals surface area contributed by atoms with Crippen molar-refractivity contribution in [1.82, 2.24) is 9.80 Å². The minimum absolute atomic E-state index is 0.0370. The third-order valence-corrected chi connectivity index (χ3v) is 5.97. The number of rotatable bonds is 3. The lowest BCUT2D eigenvalue weighted by atomic mass is 10.0. The van der Waals surface area contributed by atoms with E-state index in [1.54, 1.807) is 37.3 Å². The molecule has 0 radical (unpaired) electrons. The molecule has 170 valence electrons. The summed E-state index contributed by atoms with van der Waals surface area (Å²) in [5.41, 5.74) is 0.892. The van der Waals surface area contributed by atoms with Gasteiger partial charge in [0.2, 0.25) is 11.8 Å². The van der Waals surface area contributed by atoms with Crippen LogP contribution in [-0.2, 0) is 14.3 Å². The molecule has 0 spiro atoms. The zero-order valence-corrected chi connectivity index (χ0v) is 19.0. The van der Waals surface area contributed by atoms with E-state index in [4.69, 9.17) is 9.47 Å². The van der Waals surface area contributed by atoms with Crippen LogP contribution < -0.4 is 10.1 Å². The Balaban J connectivity index is 1.95. The molecule has 0 unspecified atom stereocenters. The Labute approximate surface area is 183 Å². The number of ether oxygens (including phenoxy) is 2. The molecule has 1 N–H and O–H groups in total. The molecule has 3 amide bonds. The topological polar surface area (TPSA) is 88.2 Å². The van der Waals surface area contributed by atoms with Gasteiger partial charge in [-0.1, -0.05) is 6.92 Å². The van der Waals surface area contributed by atoms with Gasteiger partial charge < -0.3 is 24.6 Å². The lowest BCUT2D eigenvalue weighted by molar-refractivity contribution is -0.136. The first-order valence-electron chi connectivity index (χ1n) is 10.8. The molecule has 8 heteroatoms. The smallest absolute Gasteiger partial charge is 0.257 e. The molecule has 1 aromatic carbocycles. The number of nitrogens with zero attached hydrogens (tertiary/aromatic N) is 2. The van der Waals surface area contributed by atoms with Crippen LogP contribution in [0.1, 0.15) is 44.0 Å². The number of hydrogen-bond acceptors (Lipinski definition) is 5. The molecule has 0 aromatic heterocycles. The first kappa shape index (κ1) is 23.1. The maximum Gasteiger partial charge on any atom is 0.257 e. The number of carbonyl (C=O) groups is 3. The van der Waals surface area contributed by atoms with Crippen LogP contribution >= 0.6 is 0 Å². The van der Waals surface area contributed by atoms with E-state index in [1.165, 1.54) is 6.92 Å². The van der Waals surface area contributed by atoms with Crippen molar-refractivity contribution in [3.63, 3.8) is 0 Å². The molecule has 8 nitrogen and oxygen atoms in total. The highest BCUT2D eigenvalue weighted by atomic mass is 16.5. The number of benzene rings is 1. The van der Waals surface area contributed by atoms with Crippen molar-refractivity contribution in [2.24, 2.45) is 11.8 Å². The highest BCUT2D eigenvalue weighted by Gasteiger charge is 2.37. The second kappa shape index (κ2) is 9.68. The molecular formula is C23H33N3O5. The number of nitrogens with one attached hydrogen (secondary N) is 1. The number of carbonyl (C=O) groups excluding carboxylic acids is 3. The lowest BCUT2D eigenvalue weighted by Gasteiger charge is -2.36. The second-order valence-corrected chi connectivity index (χ2v) is 8.75. The van der Waals surface area contributed by atoms with Crippen LogP contribution in [0.2, 0.25) is 0 Å². The minimum atomic E-state index is -0.224. The van der Waals surface area contributed by atoms with E-state index in [1.807, 2.05) is 18.7 Å². The van der Waals surface area contributed by atoms with Crippen LogP contribution in [0.4, 0.5) is 5.69 Å². The number of methoxy groups -OCH3 is 1. The van der Waals surface area contributed by atoms with Crippen LogP contribution in [0.15, 0.2) is 18.2 Å². The van der Waals surface area contributed by atoms with E-state index >= 15 is 0 Å². The molecule has 1 aliphatic carbocycles. The van der Waals surface area contributed by atoms with Gasteiger partial charge in [-0.05, 0) is 38.0 Å². The summed E-state index contributed by atoms with van der Waals surface area (Å²) in [6.07, 6.45) is 1.66. The van der Waals surface area contributed by atoms with Gasteiger partial charge in [0.25, 0.3) is 5.91 Å². The van der Waals surface area contributed by atoms with Crippen LogP contribution in [0.5, 0.6) is 5.75 Å². The molecular weight excluding hydrogens is 398 g/mol. The fourth-order valence-electron chi connectivity index (χ4n) is 3.93. The Bertz CT molecular complexity index is 839. The Morgan fingerprint density at radius 2 is 1.90 bits per heavy atom. The second-order valence-electron chi connectivity index (χ2n) is 8.75. The van der Waals surface area contributed by atoms with Gasteiger partial charge >= 0.3 is 0 Å². The Kier molecular flexibility index (Phi) is 7.20. The standard InChI is InChI=1S/C23H33N3O5/c1-14-11-26(22(28)17-6-7-17)15(2)13-31-20-9-8-18(24-16(3)27)10-19(20)23(29)25(4)12-21(14)30-5/h8-10,14-15,17,21H,6-7,11-13H2,1-5H3,(H,24,27)/t14-,15+,21-/m1/s1. The summed E-state index contributed by atoms with van der Waals surface area (Å²) in [5.74, 6) is 0.316. The van der Waals surface area contributed by atoms with E-state index in [9.17, 15) is 14.4 Å². The van der Waals surface area contributed by atoms with E-state index in [-0.39, 0.29) is 48.3 Å². The molecule has 1 aliphatic heterocycles. The van der Waals surface area contributed by atoms with E-state index in [0.717, 1.165) is 12.8 Å². The SMILES string of the molecule is CO[C@@H]1CN(C)C(=O)c2cc(NC(C)=O)ccc2OC[C@H](C)N(C(=O)C2CC2)C[C@H]1C. The average molecular weight is 432 g/mol. The zero-order valence-electron chi connectivity index (χ0n) is 19.0. The number of hydrogen-bond donors (Lipinski definition) is 1. The van der Waals surface area contributed by atoms with Crippen LogP contribution in [0.3, 0.4) is 0 Å². The molecule has 1 saturated carbocycles. The Hall–Kier alpha value is -2.61. The largest absolute Gasteiger partial charge is 0.491 e. The molecule has 0 saturated heterocycles. The van der Waals surface area contributed by atoms with Gasteiger partial charge in [-0.25, -0.2) is 0 Å². The maximum absolute atomic E-state index is 13.2. The van der Waals surface area contributed by atoms with Gasteiger partial charge in [0.05, 0.1) is 17.7 Å². The van der Waals surface area contributed by atoms with Gasteiger partial charge in [0.15, 0.2) is 0 Å². The highest BCUT2D eigenvalue weighted by Crippen LogP contribution is 2.33. The fraction of sp³-hybridized carbons (Fsp3) is 0.609. The highest BCUT2D eigenvalue weighted by molar-refractivity contribution is 5.99. The number of amides is 3. The first-order chi connectivity index (χ1) is 14.7. The number of fused-ring (bicyclic) bond motifs is 1. The molecule has 0 bridgehead atoms. The molecule has 2 aliphatic rings. The quantitative estimate of drug-likeness (QED) is 0.794. The fourth-order valence-corrected chi connectivity index (χ4v) is 3.93. The maximum atomic E-state index is 13.2. The van der Waals surface area contributed by atoms with Crippen molar-refractivity contribution in [2.45, 2.75) is 45.8 Å². The molecule has 3 atom stereocenters. The first-order valence-corrected chi connectivity index (χ1v) is 10.8. The number of anilines is 1. The monoisotopic (exact) mass is 431 g/mol. The summed E-state index contributed by atoms with van der Waals surface area (Å²) in [6.45, 7) is 6.63. The summed E-state index contributed by atoms with van der Waals surface area (Å²) in [5, 5.41) is 2.71. The lowest BCUT2D eigenvalue weighted by Crippen LogP contribution is -2.49. The normalized spacial score (nSPS) is 25.1. The van der Waals surface area contributed by atoms with Crippen molar-refractivity contribution in [3.05, 3.63) is 23.8 Å². The van der Waals surface area contributed by atoms with Crippen LogP contribution in [0.25, 0.3) is 0 Å². The van der Waals surface area contributed by atoms with Crippen molar-refractivity contribution >= 4 is 23.4 Å². The minimum Gasteiger partial charge on any atom is -0.491 e. The predicted molar refractivity (Wildman–Crippen MR) is 117 cm³/mol. The van der Waals surface area contributed by atoms with E-state index in [0.29, 0.717) is 30.1 Å². The van der Waals surface area contributed by atoms with Crippen LogP contribution in [0, 0.1) is 11.8 Å². The summed E-state index contributed by atoms with van der Waals surface area (Å²) >= 11 is 0. The van der Waals surface area contributed by atoms with E-state index in [2.05, 4.69) is 5.32 Å². The predicted octanol–water partition coefficient (Wildman–Crippen LogP) is 2.39. The Morgan fingerprint density at radius 3 is 2.52 bits per heavy atom. The molecule has 3 rings (SSSR count). The van der Waals surface area contributed by atoms with Crippen molar-refractivity contribution in [2.75, 3.05) is 39.2 Å². The average Bonchev–Trinajstić information content (AvgIpc) is 3.57. The molecule has 1 fully saturated rings. The molecule has 1 heterocycles. The third-order valence-electron chi connectivity index (χ3n) is 5.97. The summed E-state index contributed by atoms with van der Waals surface area (Å²) in [4.78, 5) is 41.2.